The number of ether oxygens (including phenoxy) is 1. The number of rotatable bonds is 6. The summed E-state index contributed by atoms with van der Waals surface area (Å²) in [4.78, 5) is 11.1. The lowest BCUT2D eigenvalue weighted by Crippen LogP contribution is -2.04. The summed E-state index contributed by atoms with van der Waals surface area (Å²) < 4.78 is 10.4. The van der Waals surface area contributed by atoms with Gasteiger partial charge >= 0.3 is 5.97 Å². The topological polar surface area (TPSA) is 39.4 Å². The number of carbonyl (C=O) groups is 1. The number of furan rings is 1. The Hall–Kier alpha value is -0.900. The molecule has 0 saturated heterocycles. The summed E-state index contributed by atoms with van der Waals surface area (Å²) in [6.07, 6.45) is 0.469. The first-order valence-electron chi connectivity index (χ1n) is 5.42. The molecule has 0 aliphatic rings. The normalized spacial score (nSPS) is 10.4. The molecular weight excluding hydrogens is 224 g/mol. The highest BCUT2D eigenvalue weighted by molar-refractivity contribution is 7.98. The Kier molecular flexibility index (Phi) is 5.46. The lowest BCUT2D eigenvalue weighted by atomic mass is 10.3. The molecule has 4 heteroatoms. The SMILES string of the molecule is CCOC(=O)CCSCc1cc(C)c(C)o1. The van der Waals surface area contributed by atoms with Crippen LogP contribution in [0.3, 0.4) is 0 Å². The van der Waals surface area contributed by atoms with Crippen LogP contribution in [0.25, 0.3) is 0 Å². The smallest absolute Gasteiger partial charge is 0.306 e. The second-order valence-corrected chi connectivity index (χ2v) is 4.66. The molecule has 1 heterocycles. The number of aryl methyl sites for hydroxylation is 2. The third-order valence-electron chi connectivity index (χ3n) is 2.22. The molecule has 1 rings (SSSR count). The van der Waals surface area contributed by atoms with Crippen molar-refractivity contribution in [2.45, 2.75) is 32.9 Å². The van der Waals surface area contributed by atoms with Gasteiger partial charge in [0.1, 0.15) is 11.5 Å². The zero-order valence-electron chi connectivity index (χ0n) is 10.0. The molecule has 0 aromatic carbocycles. The molecule has 0 bridgehead atoms. The summed E-state index contributed by atoms with van der Waals surface area (Å²) in [7, 11) is 0. The summed E-state index contributed by atoms with van der Waals surface area (Å²) in [6, 6.07) is 2.05. The zero-order chi connectivity index (χ0) is 12.0. The van der Waals surface area contributed by atoms with Gasteiger partial charge in [0.15, 0.2) is 0 Å². The summed E-state index contributed by atoms with van der Waals surface area (Å²) in [5.41, 5.74) is 1.18. The number of esters is 1. The van der Waals surface area contributed by atoms with Crippen LogP contribution in [0, 0.1) is 13.8 Å². The second kappa shape index (κ2) is 6.63. The minimum atomic E-state index is -0.123. The molecule has 0 N–H and O–H groups in total. The van der Waals surface area contributed by atoms with Crippen LogP contribution in [0.2, 0.25) is 0 Å². The minimum absolute atomic E-state index is 0.123. The molecule has 0 radical (unpaired) electrons. The Labute approximate surface area is 101 Å². The monoisotopic (exact) mass is 242 g/mol. The third kappa shape index (κ3) is 4.31. The van der Waals surface area contributed by atoms with Crippen LogP contribution in [0.4, 0.5) is 0 Å². The van der Waals surface area contributed by atoms with E-state index in [1.807, 2.05) is 26.8 Å². The summed E-state index contributed by atoms with van der Waals surface area (Å²) in [5, 5.41) is 0. The summed E-state index contributed by atoms with van der Waals surface area (Å²) in [5.74, 6) is 3.41. The van der Waals surface area contributed by atoms with Crippen molar-refractivity contribution in [1.82, 2.24) is 0 Å². The van der Waals surface area contributed by atoms with Gasteiger partial charge in [-0.3, -0.25) is 4.79 Å². The lowest BCUT2D eigenvalue weighted by molar-refractivity contribution is -0.142. The van der Waals surface area contributed by atoms with E-state index in [0.717, 1.165) is 23.0 Å². The molecule has 0 amide bonds. The Balaban J connectivity index is 2.18. The first kappa shape index (κ1) is 13.2. The van der Waals surface area contributed by atoms with Gasteiger partial charge in [-0.15, -0.1) is 0 Å². The fraction of sp³-hybridized carbons (Fsp3) is 0.583. The average Bonchev–Trinajstić information content (AvgIpc) is 2.54. The molecule has 90 valence electrons. The standard InChI is InChI=1S/C12H18O3S/c1-4-14-12(13)5-6-16-8-11-7-9(2)10(3)15-11/h7H,4-6,8H2,1-3H3. The van der Waals surface area contributed by atoms with Gasteiger partial charge in [0.25, 0.3) is 0 Å². The van der Waals surface area contributed by atoms with Crippen molar-refractivity contribution in [2.75, 3.05) is 12.4 Å². The van der Waals surface area contributed by atoms with Crippen molar-refractivity contribution in [1.29, 1.82) is 0 Å². The number of hydrogen-bond acceptors (Lipinski definition) is 4. The molecular formula is C12H18O3S. The molecule has 0 aliphatic heterocycles. The van der Waals surface area contributed by atoms with Crippen LogP contribution in [-0.2, 0) is 15.3 Å². The maximum Gasteiger partial charge on any atom is 0.306 e. The van der Waals surface area contributed by atoms with Crippen LogP contribution in [-0.4, -0.2) is 18.3 Å². The van der Waals surface area contributed by atoms with Gasteiger partial charge in [-0.25, -0.2) is 0 Å². The van der Waals surface area contributed by atoms with Crippen molar-refractivity contribution in [2.24, 2.45) is 0 Å². The van der Waals surface area contributed by atoms with Crippen molar-refractivity contribution in [3.05, 3.63) is 23.2 Å². The van der Waals surface area contributed by atoms with Crippen molar-refractivity contribution in [3.8, 4) is 0 Å². The van der Waals surface area contributed by atoms with Crippen LogP contribution in [0.15, 0.2) is 10.5 Å². The molecule has 1 aromatic heterocycles. The highest BCUT2D eigenvalue weighted by Crippen LogP contribution is 2.19. The lowest BCUT2D eigenvalue weighted by Gasteiger charge is -2.00. The van der Waals surface area contributed by atoms with E-state index in [1.165, 1.54) is 5.56 Å². The van der Waals surface area contributed by atoms with E-state index < -0.39 is 0 Å². The predicted octanol–water partition coefficient (Wildman–Crippen LogP) is 3.08. The maximum atomic E-state index is 11.1. The van der Waals surface area contributed by atoms with Gasteiger partial charge in [0.2, 0.25) is 0 Å². The molecule has 0 unspecified atom stereocenters. The zero-order valence-corrected chi connectivity index (χ0v) is 10.9. The van der Waals surface area contributed by atoms with Crippen LogP contribution < -0.4 is 0 Å². The van der Waals surface area contributed by atoms with Gasteiger partial charge in [0.05, 0.1) is 18.8 Å². The largest absolute Gasteiger partial charge is 0.466 e. The van der Waals surface area contributed by atoms with E-state index >= 15 is 0 Å². The average molecular weight is 242 g/mol. The van der Waals surface area contributed by atoms with Gasteiger partial charge in [-0.2, -0.15) is 11.8 Å². The van der Waals surface area contributed by atoms with Gasteiger partial charge in [0, 0.05) is 5.75 Å². The highest BCUT2D eigenvalue weighted by atomic mass is 32.2. The van der Waals surface area contributed by atoms with Crippen LogP contribution in [0.1, 0.15) is 30.4 Å². The van der Waals surface area contributed by atoms with Gasteiger partial charge < -0.3 is 9.15 Å². The minimum Gasteiger partial charge on any atom is -0.466 e. The fourth-order valence-corrected chi connectivity index (χ4v) is 2.08. The molecule has 0 spiro atoms. The molecule has 0 fully saturated rings. The van der Waals surface area contributed by atoms with Crippen LogP contribution in [0.5, 0.6) is 0 Å². The first-order valence-corrected chi connectivity index (χ1v) is 6.58. The van der Waals surface area contributed by atoms with E-state index in [4.69, 9.17) is 9.15 Å². The fourth-order valence-electron chi connectivity index (χ4n) is 1.28. The molecule has 3 nitrogen and oxygen atoms in total. The van der Waals surface area contributed by atoms with E-state index in [0.29, 0.717) is 13.0 Å². The Morgan fingerprint density at radius 3 is 2.81 bits per heavy atom. The van der Waals surface area contributed by atoms with Crippen molar-refractivity contribution in [3.63, 3.8) is 0 Å². The number of thioether (sulfide) groups is 1. The van der Waals surface area contributed by atoms with Gasteiger partial charge in [-0.1, -0.05) is 0 Å². The maximum absolute atomic E-state index is 11.1. The van der Waals surface area contributed by atoms with E-state index in [9.17, 15) is 4.79 Å². The van der Waals surface area contributed by atoms with E-state index in [2.05, 4.69) is 0 Å². The van der Waals surface area contributed by atoms with E-state index in [1.54, 1.807) is 11.8 Å². The second-order valence-electron chi connectivity index (χ2n) is 3.56. The molecule has 1 aromatic rings. The highest BCUT2D eigenvalue weighted by Gasteiger charge is 2.05. The van der Waals surface area contributed by atoms with Crippen LogP contribution >= 0.6 is 11.8 Å². The van der Waals surface area contributed by atoms with Gasteiger partial charge in [-0.05, 0) is 32.4 Å². The molecule has 0 saturated carbocycles. The van der Waals surface area contributed by atoms with E-state index in [-0.39, 0.29) is 5.97 Å². The summed E-state index contributed by atoms with van der Waals surface area (Å²) >= 11 is 1.69. The first-order chi connectivity index (χ1) is 7.63. The number of carbonyl (C=O) groups excluding carboxylic acids is 1. The Bertz CT molecular complexity index is 325. The number of hydrogen-bond donors (Lipinski definition) is 0. The Morgan fingerprint density at radius 2 is 2.25 bits per heavy atom. The van der Waals surface area contributed by atoms with Crippen molar-refractivity contribution >= 4 is 17.7 Å². The molecule has 0 aliphatic carbocycles. The quantitative estimate of drug-likeness (QED) is 0.567. The third-order valence-corrected chi connectivity index (χ3v) is 3.20. The van der Waals surface area contributed by atoms with Crippen molar-refractivity contribution < 1.29 is 13.9 Å². The summed E-state index contributed by atoms with van der Waals surface area (Å²) in [6.45, 7) is 6.27. The molecule has 0 atom stereocenters. The molecule has 16 heavy (non-hydrogen) atoms. The Morgan fingerprint density at radius 1 is 1.50 bits per heavy atom. The predicted molar refractivity (Wildman–Crippen MR) is 65.6 cm³/mol.